The summed E-state index contributed by atoms with van der Waals surface area (Å²) in [6.45, 7) is 61.4. The maximum atomic E-state index is 12.7. The number of carbonyl (C=O) groups is 5. The number of para-hydroxylation sites is 2. The number of carboxylic acids is 1. The van der Waals surface area contributed by atoms with E-state index >= 15 is 0 Å². The highest BCUT2D eigenvalue weighted by molar-refractivity contribution is 7.98. The van der Waals surface area contributed by atoms with Gasteiger partial charge in [-0.1, -0.05) is 239 Å². The van der Waals surface area contributed by atoms with Crippen LogP contribution in [0.2, 0.25) is 10.0 Å². The fourth-order valence-corrected chi connectivity index (χ4v) is 10.5. The van der Waals surface area contributed by atoms with E-state index in [1.807, 2.05) is 117 Å². The number of ether oxygens (including phenoxy) is 5. The fourth-order valence-electron chi connectivity index (χ4n) is 9.68. The Labute approximate surface area is 614 Å². The monoisotopic (exact) mass is 1430 g/mol. The average Bonchev–Trinajstić information content (AvgIpc) is 0.950. The van der Waals surface area contributed by atoms with Gasteiger partial charge in [0.05, 0.1) is 54.7 Å². The van der Waals surface area contributed by atoms with Gasteiger partial charge in [-0.2, -0.15) is 11.8 Å². The van der Waals surface area contributed by atoms with Gasteiger partial charge in [0.25, 0.3) is 0 Å². The fraction of sp³-hybridized carbons (Fsp3) is 0.723. The molecule has 0 aromatic heterocycles. The normalized spacial score (nSPS) is 13.8. The first kappa shape index (κ1) is 97.9. The number of esters is 2. The molecule has 1 aliphatic rings. The molecule has 98 heavy (non-hydrogen) atoms. The zero-order valence-electron chi connectivity index (χ0n) is 67.2. The molecule has 3 aromatic carbocycles. The molecule has 1 fully saturated rings. The number of nitrogens with zero attached hydrogens (tertiary/aromatic N) is 1. The van der Waals surface area contributed by atoms with Crippen LogP contribution in [0.25, 0.3) is 0 Å². The number of hydrogen-bond acceptors (Lipinski definition) is 11. The van der Waals surface area contributed by atoms with Crippen molar-refractivity contribution in [3.8, 4) is 11.5 Å². The maximum absolute atomic E-state index is 12.7. The number of carboxylic acid groups (broad SMARTS) is 1. The smallest absolute Gasteiger partial charge is 0.307 e. The number of amides is 1. The molecular weight excluding hydrogens is 1290 g/mol. The molecule has 1 N–H and O–H groups in total. The van der Waals surface area contributed by atoms with Crippen LogP contribution in [0.3, 0.4) is 0 Å². The molecule has 4 rings (SSSR count). The second-order valence-corrected chi connectivity index (χ2v) is 36.1. The van der Waals surface area contributed by atoms with Gasteiger partial charge in [-0.25, -0.2) is 0 Å². The van der Waals surface area contributed by atoms with Gasteiger partial charge < -0.3 is 38.5 Å². The van der Waals surface area contributed by atoms with E-state index in [-0.39, 0.29) is 63.7 Å². The summed E-state index contributed by atoms with van der Waals surface area (Å²) in [7, 11) is 0. The molecule has 1 saturated heterocycles. The molecule has 3 aromatic rings. The Kier molecular flexibility index (Phi) is 50.1. The van der Waals surface area contributed by atoms with Crippen LogP contribution in [0.15, 0.2) is 72.8 Å². The summed E-state index contributed by atoms with van der Waals surface area (Å²) in [5.74, 6) is 2.73. The van der Waals surface area contributed by atoms with Gasteiger partial charge in [0.2, 0.25) is 5.91 Å². The van der Waals surface area contributed by atoms with E-state index in [9.17, 15) is 24.0 Å². The minimum atomic E-state index is -0.659. The highest BCUT2D eigenvalue weighted by Gasteiger charge is 2.34. The molecule has 1 aliphatic heterocycles. The van der Waals surface area contributed by atoms with Crippen molar-refractivity contribution < 1.29 is 52.8 Å². The van der Waals surface area contributed by atoms with Gasteiger partial charge in [0.15, 0.2) is 0 Å². The average molecular weight is 1430 g/mol. The molecule has 566 valence electrons. The number of benzene rings is 3. The van der Waals surface area contributed by atoms with Crippen LogP contribution >= 0.6 is 35.0 Å². The van der Waals surface area contributed by atoms with Crippen molar-refractivity contribution in [3.05, 3.63) is 94.0 Å². The molecule has 0 spiro atoms. The van der Waals surface area contributed by atoms with Crippen LogP contribution in [0, 0.1) is 49.7 Å². The Hall–Kier alpha value is -4.30. The summed E-state index contributed by atoms with van der Waals surface area (Å²) in [5.41, 5.74) is 3.05. The van der Waals surface area contributed by atoms with Gasteiger partial charge in [-0.15, -0.1) is 0 Å². The van der Waals surface area contributed by atoms with Crippen molar-refractivity contribution in [1.82, 2.24) is 4.90 Å². The zero-order chi connectivity index (χ0) is 76.3. The van der Waals surface area contributed by atoms with E-state index in [4.69, 9.17) is 52.0 Å². The molecule has 15 heteroatoms. The van der Waals surface area contributed by atoms with Gasteiger partial charge in [-0.3, -0.25) is 19.2 Å². The summed E-state index contributed by atoms with van der Waals surface area (Å²) >= 11 is 13.4. The molecule has 0 saturated carbocycles. The SMILES string of the molecule is CC(C)(C)CC(=O)OCc1ccc(Cl)c(Cl)c1.CC(C)(C)CCOc1ccccc1.CC(C)(C)C[C@@H]1CCCO1.CC(C)c1ccccc1OCCC(C)(C)C.CCCN(CCC)C(=O)[C@@H](CCC(C)=O)C(C)(C)C.CCOC(=O)CC(C)(C)C.CSCCCC(C(=O)O)C(C)(C)C. The number of aliphatic carboxylic acids is 1. The van der Waals surface area contributed by atoms with Crippen molar-refractivity contribution in [3.63, 3.8) is 0 Å². The van der Waals surface area contributed by atoms with Crippen LogP contribution in [-0.4, -0.2) is 97.2 Å². The number of thioether (sulfide) groups is 1. The number of halogens is 2. The Bertz CT molecular complexity index is 2600. The summed E-state index contributed by atoms with van der Waals surface area (Å²) in [6, 6.07) is 23.5. The third kappa shape index (κ3) is 56.4. The third-order valence-corrected chi connectivity index (χ3v) is 16.5. The third-order valence-electron chi connectivity index (χ3n) is 15.0. The first-order valence-electron chi connectivity index (χ1n) is 36.2. The number of hydrogen-bond donors (Lipinski definition) is 1. The number of rotatable bonds is 26. The summed E-state index contributed by atoms with van der Waals surface area (Å²) in [6.07, 6.45) is 14.3. The van der Waals surface area contributed by atoms with Crippen LogP contribution in [-0.2, 0) is 44.8 Å². The highest BCUT2D eigenvalue weighted by Crippen LogP contribution is 2.34. The summed E-state index contributed by atoms with van der Waals surface area (Å²) < 4.78 is 26.9. The Balaban J connectivity index is -0.00000109. The predicted octanol–water partition coefficient (Wildman–Crippen LogP) is 23.7. The van der Waals surface area contributed by atoms with Crippen LogP contribution in [0.5, 0.6) is 11.5 Å². The molecule has 0 radical (unpaired) electrons. The van der Waals surface area contributed by atoms with E-state index in [1.165, 1.54) is 24.8 Å². The van der Waals surface area contributed by atoms with E-state index < -0.39 is 5.97 Å². The standard InChI is InChI=1S/C16H31NO2.C15H24O.C13H16Cl2O2.C12H18O.C10H20O2S.C9H18O.C8H16O2/c1-7-11-17(12-8-2)15(19)14(16(4,5)6)10-9-13(3)18;1-12(2)13-8-6-7-9-14(13)16-11-10-15(3,4)5;1-13(2,3)7-12(16)17-8-9-4-5-10(14)11(15)6-9;1-12(2,3)9-10-13-11-7-5-4-6-8-11;1-10(2,3)8(9(11)12)6-5-7-13-4;1-9(2,3)7-8-5-4-6-10-8;1-5-10-7(9)6-8(2,3)4/h14H,7-12H2,1-6H3;6-9,12H,10-11H2,1-5H3;4-6H,7-8H2,1-3H3;4-8H,9-10H2,1-3H3;8H,5-7H2,1-4H3,(H,11,12);8H,4-7H2,1-3H3;5-6H2,1-4H3/t14-;;;;;8-;/m1....0./s1. The van der Waals surface area contributed by atoms with E-state index in [2.05, 4.69) is 129 Å². The topological polar surface area (TPSA) is 155 Å². The number of carbonyl (C=O) groups excluding carboxylic acids is 4. The lowest BCUT2D eigenvalue weighted by Gasteiger charge is -2.34. The van der Waals surface area contributed by atoms with Crippen molar-refractivity contribution in [2.75, 3.05) is 51.5 Å². The number of ketones is 1. The van der Waals surface area contributed by atoms with Gasteiger partial charge in [0.1, 0.15) is 23.9 Å². The van der Waals surface area contributed by atoms with Crippen molar-refractivity contribution in [1.29, 1.82) is 0 Å². The zero-order valence-corrected chi connectivity index (χ0v) is 69.6. The van der Waals surface area contributed by atoms with E-state index in [0.29, 0.717) is 70.6 Å². The highest BCUT2D eigenvalue weighted by atomic mass is 35.5. The molecule has 12 nitrogen and oxygen atoms in total. The van der Waals surface area contributed by atoms with Crippen LogP contribution < -0.4 is 9.47 Å². The largest absolute Gasteiger partial charge is 0.494 e. The summed E-state index contributed by atoms with van der Waals surface area (Å²) in [5, 5.41) is 9.97. The molecule has 1 amide bonds. The first-order chi connectivity index (χ1) is 44.9. The lowest BCUT2D eigenvalue weighted by molar-refractivity contribution is -0.147. The van der Waals surface area contributed by atoms with Crippen LogP contribution in [0.4, 0.5) is 0 Å². The minimum absolute atomic E-state index is 0.0479. The lowest BCUT2D eigenvalue weighted by atomic mass is 9.77. The van der Waals surface area contributed by atoms with Crippen molar-refractivity contribution in [2.24, 2.45) is 49.7 Å². The molecule has 0 bridgehead atoms. The first-order valence-corrected chi connectivity index (χ1v) is 38.3. The van der Waals surface area contributed by atoms with Crippen molar-refractivity contribution >= 4 is 64.6 Å². The van der Waals surface area contributed by atoms with Crippen LogP contribution in [0.1, 0.15) is 287 Å². The molecule has 1 heterocycles. The quantitative estimate of drug-likeness (QED) is 0.0601. The second-order valence-electron chi connectivity index (χ2n) is 34.3. The Morgan fingerprint density at radius 1 is 0.622 bits per heavy atom. The van der Waals surface area contributed by atoms with Crippen molar-refractivity contribution in [2.45, 2.75) is 289 Å². The van der Waals surface area contributed by atoms with Gasteiger partial charge in [0, 0.05) is 32.0 Å². The van der Waals surface area contributed by atoms with Gasteiger partial charge in [-0.05, 0) is 175 Å². The van der Waals surface area contributed by atoms with E-state index in [1.54, 1.807) is 36.9 Å². The van der Waals surface area contributed by atoms with Gasteiger partial charge >= 0.3 is 17.9 Å². The molecule has 0 aliphatic carbocycles. The number of Topliss-reactive ketones (excluding diaryl/α,β-unsaturated/α-hetero) is 1. The molecule has 3 atom stereocenters. The molecular formula is C83H143Cl2NO11S. The Morgan fingerprint density at radius 3 is 1.53 bits per heavy atom. The Morgan fingerprint density at radius 2 is 1.12 bits per heavy atom. The predicted molar refractivity (Wildman–Crippen MR) is 418 cm³/mol. The van der Waals surface area contributed by atoms with E-state index in [0.717, 1.165) is 94.3 Å². The second kappa shape index (κ2) is 50.1. The molecule has 1 unspecified atom stereocenters. The maximum Gasteiger partial charge on any atom is 0.307 e. The summed E-state index contributed by atoms with van der Waals surface area (Å²) in [4.78, 5) is 59.1. The minimum Gasteiger partial charge on any atom is -0.494 e. The lowest BCUT2D eigenvalue weighted by Crippen LogP contribution is -2.42.